The molecular formula is C14H18N2. The van der Waals surface area contributed by atoms with Crippen molar-refractivity contribution in [3.8, 4) is 0 Å². The minimum Gasteiger partial charge on any atom is -0.370 e. The van der Waals surface area contributed by atoms with E-state index in [9.17, 15) is 0 Å². The monoisotopic (exact) mass is 214 g/mol. The van der Waals surface area contributed by atoms with Crippen LogP contribution in [0.25, 0.3) is 10.8 Å². The van der Waals surface area contributed by atoms with Crippen LogP contribution in [0.4, 0.5) is 5.82 Å². The smallest absolute Gasteiger partial charge is 0.134 e. The lowest BCUT2D eigenvalue weighted by Crippen LogP contribution is -2.03. The van der Waals surface area contributed by atoms with Crippen molar-refractivity contribution in [3.63, 3.8) is 0 Å². The van der Waals surface area contributed by atoms with Gasteiger partial charge in [0, 0.05) is 18.1 Å². The Labute approximate surface area is 96.7 Å². The molecule has 0 aliphatic heterocycles. The van der Waals surface area contributed by atoms with Gasteiger partial charge >= 0.3 is 0 Å². The van der Waals surface area contributed by atoms with Crippen LogP contribution in [0.1, 0.15) is 24.5 Å². The molecule has 0 saturated heterocycles. The molecule has 1 N–H and O–H groups in total. The molecule has 0 bridgehead atoms. The van der Waals surface area contributed by atoms with Crippen LogP contribution < -0.4 is 5.32 Å². The van der Waals surface area contributed by atoms with Crippen molar-refractivity contribution in [2.75, 3.05) is 11.9 Å². The summed E-state index contributed by atoms with van der Waals surface area (Å²) in [5.74, 6) is 1.01. The third kappa shape index (κ3) is 1.87. The van der Waals surface area contributed by atoms with Crippen LogP contribution in [0.3, 0.4) is 0 Å². The van der Waals surface area contributed by atoms with Gasteiger partial charge in [0.25, 0.3) is 0 Å². The third-order valence-corrected chi connectivity index (χ3v) is 2.90. The van der Waals surface area contributed by atoms with Crippen molar-refractivity contribution in [2.45, 2.75) is 27.2 Å². The van der Waals surface area contributed by atoms with Crippen molar-refractivity contribution < 1.29 is 0 Å². The first-order valence-electron chi connectivity index (χ1n) is 5.83. The molecule has 1 heterocycles. The molecule has 2 rings (SSSR count). The number of fused-ring (bicyclic) bond motifs is 1. The van der Waals surface area contributed by atoms with Crippen LogP contribution in [0.15, 0.2) is 24.4 Å². The molecule has 2 heteroatoms. The van der Waals surface area contributed by atoms with Crippen LogP contribution >= 0.6 is 0 Å². The van der Waals surface area contributed by atoms with E-state index >= 15 is 0 Å². The number of hydrogen-bond donors (Lipinski definition) is 1. The zero-order chi connectivity index (χ0) is 11.5. The standard InChI is InChI=1S/C14H18N2/c1-4-8-15-14-13-11(3)6-5-10(2)12(13)7-9-16-14/h5-7,9H,4,8H2,1-3H3,(H,15,16). The number of anilines is 1. The van der Waals surface area contributed by atoms with E-state index in [1.54, 1.807) is 0 Å². The summed E-state index contributed by atoms with van der Waals surface area (Å²) in [6.45, 7) is 7.42. The van der Waals surface area contributed by atoms with Crippen LogP contribution in [-0.4, -0.2) is 11.5 Å². The summed E-state index contributed by atoms with van der Waals surface area (Å²) in [5.41, 5.74) is 2.59. The average Bonchev–Trinajstić information content (AvgIpc) is 2.31. The summed E-state index contributed by atoms with van der Waals surface area (Å²) >= 11 is 0. The quantitative estimate of drug-likeness (QED) is 0.843. The van der Waals surface area contributed by atoms with E-state index in [0.717, 1.165) is 18.8 Å². The van der Waals surface area contributed by atoms with Gasteiger partial charge in [0.05, 0.1) is 0 Å². The van der Waals surface area contributed by atoms with Gasteiger partial charge in [-0.3, -0.25) is 0 Å². The van der Waals surface area contributed by atoms with Gasteiger partial charge in [-0.25, -0.2) is 4.98 Å². The van der Waals surface area contributed by atoms with Gasteiger partial charge in [-0.15, -0.1) is 0 Å². The Balaban J connectivity index is 2.61. The zero-order valence-electron chi connectivity index (χ0n) is 10.2. The predicted molar refractivity (Wildman–Crippen MR) is 70.0 cm³/mol. The molecule has 2 nitrogen and oxygen atoms in total. The fraction of sp³-hybridized carbons (Fsp3) is 0.357. The number of nitrogens with one attached hydrogen (secondary N) is 1. The van der Waals surface area contributed by atoms with Crippen molar-refractivity contribution >= 4 is 16.6 Å². The average molecular weight is 214 g/mol. The van der Waals surface area contributed by atoms with E-state index in [0.29, 0.717) is 0 Å². The Kier molecular flexibility index (Phi) is 3.09. The molecule has 0 atom stereocenters. The fourth-order valence-electron chi connectivity index (χ4n) is 1.99. The van der Waals surface area contributed by atoms with Crippen molar-refractivity contribution in [2.24, 2.45) is 0 Å². The molecule has 16 heavy (non-hydrogen) atoms. The second-order valence-corrected chi connectivity index (χ2v) is 4.21. The fourth-order valence-corrected chi connectivity index (χ4v) is 1.99. The van der Waals surface area contributed by atoms with E-state index in [1.807, 2.05) is 6.20 Å². The third-order valence-electron chi connectivity index (χ3n) is 2.90. The van der Waals surface area contributed by atoms with Gasteiger partial charge in [0.15, 0.2) is 0 Å². The van der Waals surface area contributed by atoms with Crippen LogP contribution in [-0.2, 0) is 0 Å². The number of aryl methyl sites for hydroxylation is 2. The summed E-state index contributed by atoms with van der Waals surface area (Å²) < 4.78 is 0. The van der Waals surface area contributed by atoms with Gasteiger partial charge in [0.2, 0.25) is 0 Å². The van der Waals surface area contributed by atoms with Gasteiger partial charge in [-0.1, -0.05) is 19.1 Å². The number of hydrogen-bond acceptors (Lipinski definition) is 2. The van der Waals surface area contributed by atoms with Crippen LogP contribution in [0, 0.1) is 13.8 Å². The SMILES string of the molecule is CCCNc1nccc2c(C)ccc(C)c12. The number of nitrogens with zero attached hydrogens (tertiary/aromatic N) is 1. The molecular weight excluding hydrogens is 196 g/mol. The molecule has 84 valence electrons. The molecule has 2 aromatic rings. The van der Waals surface area contributed by atoms with Crippen molar-refractivity contribution in [3.05, 3.63) is 35.5 Å². The summed E-state index contributed by atoms with van der Waals surface area (Å²) in [6, 6.07) is 6.42. The number of pyridine rings is 1. The molecule has 0 fully saturated rings. The van der Waals surface area contributed by atoms with Gasteiger partial charge < -0.3 is 5.32 Å². The normalized spacial score (nSPS) is 10.7. The zero-order valence-corrected chi connectivity index (χ0v) is 10.2. The van der Waals surface area contributed by atoms with E-state index in [2.05, 4.69) is 49.3 Å². The second-order valence-electron chi connectivity index (χ2n) is 4.21. The summed E-state index contributed by atoms with van der Waals surface area (Å²) in [6.07, 6.45) is 3.00. The Bertz CT molecular complexity index is 503. The van der Waals surface area contributed by atoms with Crippen molar-refractivity contribution in [1.82, 2.24) is 4.98 Å². The van der Waals surface area contributed by atoms with E-state index < -0.39 is 0 Å². The molecule has 0 aliphatic rings. The largest absolute Gasteiger partial charge is 0.370 e. The minimum atomic E-state index is 0.972. The van der Waals surface area contributed by atoms with Gasteiger partial charge in [-0.2, -0.15) is 0 Å². The summed E-state index contributed by atoms with van der Waals surface area (Å²) in [4.78, 5) is 4.44. The van der Waals surface area contributed by atoms with Gasteiger partial charge in [0.1, 0.15) is 5.82 Å². The highest BCUT2D eigenvalue weighted by molar-refractivity contribution is 5.96. The maximum absolute atomic E-state index is 4.44. The van der Waals surface area contributed by atoms with Crippen LogP contribution in [0.5, 0.6) is 0 Å². The highest BCUT2D eigenvalue weighted by atomic mass is 15.0. The second kappa shape index (κ2) is 4.52. The Hall–Kier alpha value is -1.57. The number of aromatic nitrogens is 1. The first-order chi connectivity index (χ1) is 7.74. The molecule has 1 aromatic carbocycles. The molecule has 0 aliphatic carbocycles. The number of rotatable bonds is 3. The molecule has 1 aromatic heterocycles. The Morgan fingerprint density at radius 1 is 1.12 bits per heavy atom. The molecule has 0 spiro atoms. The molecule has 0 unspecified atom stereocenters. The highest BCUT2D eigenvalue weighted by Gasteiger charge is 2.06. The van der Waals surface area contributed by atoms with Gasteiger partial charge in [-0.05, 0) is 42.8 Å². The maximum Gasteiger partial charge on any atom is 0.134 e. The lowest BCUT2D eigenvalue weighted by Gasteiger charge is -2.11. The molecule has 0 amide bonds. The first-order valence-corrected chi connectivity index (χ1v) is 5.83. The highest BCUT2D eigenvalue weighted by Crippen LogP contribution is 2.27. The van der Waals surface area contributed by atoms with E-state index in [4.69, 9.17) is 0 Å². The van der Waals surface area contributed by atoms with Crippen LogP contribution in [0.2, 0.25) is 0 Å². The Morgan fingerprint density at radius 3 is 2.62 bits per heavy atom. The topological polar surface area (TPSA) is 24.9 Å². The molecule has 0 saturated carbocycles. The van der Waals surface area contributed by atoms with E-state index in [1.165, 1.54) is 21.9 Å². The summed E-state index contributed by atoms with van der Waals surface area (Å²) in [7, 11) is 0. The lowest BCUT2D eigenvalue weighted by molar-refractivity contribution is 0.972. The predicted octanol–water partition coefficient (Wildman–Crippen LogP) is 3.67. The summed E-state index contributed by atoms with van der Waals surface area (Å²) in [5, 5.41) is 5.95. The Morgan fingerprint density at radius 2 is 1.88 bits per heavy atom. The number of benzene rings is 1. The van der Waals surface area contributed by atoms with Crippen molar-refractivity contribution in [1.29, 1.82) is 0 Å². The molecule has 0 radical (unpaired) electrons. The first kappa shape index (κ1) is 10.9. The minimum absolute atomic E-state index is 0.972. The lowest BCUT2D eigenvalue weighted by atomic mass is 10.0. The maximum atomic E-state index is 4.44. The van der Waals surface area contributed by atoms with E-state index in [-0.39, 0.29) is 0 Å².